The second-order valence-electron chi connectivity index (χ2n) is 5.90. The average molecular weight is 292 g/mol. The molecule has 0 aromatic carbocycles. The summed E-state index contributed by atoms with van der Waals surface area (Å²) < 4.78 is 6.20. The van der Waals surface area contributed by atoms with E-state index < -0.39 is 13.9 Å². The molecule has 0 bridgehead atoms. The number of carbonyl (C=O) groups excluding carboxylic acids is 1. The molecule has 1 aromatic rings. The first-order valence-electron chi connectivity index (χ1n) is 6.71. The Bertz CT molecular complexity index is 504. The maximum absolute atomic E-state index is 12.4. The van der Waals surface area contributed by atoms with Crippen LogP contribution >= 0.6 is 11.3 Å². The van der Waals surface area contributed by atoms with Gasteiger partial charge in [-0.2, -0.15) is 0 Å². The smallest absolute Gasteiger partial charge is 0.186 e. The van der Waals surface area contributed by atoms with Crippen LogP contribution in [-0.2, 0) is 9.22 Å². The summed E-state index contributed by atoms with van der Waals surface area (Å²) in [6.45, 7) is 6.34. The van der Waals surface area contributed by atoms with E-state index in [1.165, 1.54) is 0 Å². The third-order valence-corrected chi connectivity index (χ3v) is 4.77. The molecule has 0 radical (unpaired) electrons. The first-order chi connectivity index (χ1) is 8.91. The molecule has 1 atom stereocenters. The number of thiophene rings is 1. The fourth-order valence-electron chi connectivity index (χ4n) is 2.30. The van der Waals surface area contributed by atoms with E-state index in [-0.39, 0.29) is 5.78 Å². The quantitative estimate of drug-likeness (QED) is 0.611. The van der Waals surface area contributed by atoms with Crippen molar-refractivity contribution in [3.8, 4) is 11.8 Å². The topological polar surface area (TPSA) is 26.3 Å². The highest BCUT2D eigenvalue weighted by Gasteiger charge is 2.42. The number of ketones is 1. The summed E-state index contributed by atoms with van der Waals surface area (Å²) in [6, 6.07) is 3.95. The Morgan fingerprint density at radius 2 is 2.16 bits per heavy atom. The molecule has 0 spiro atoms. The van der Waals surface area contributed by atoms with E-state index in [4.69, 9.17) is 4.43 Å². The molecule has 2 rings (SSSR count). The minimum atomic E-state index is -1.80. The summed E-state index contributed by atoms with van der Waals surface area (Å²) in [5.41, 5.74) is -0.841. The Kier molecular flexibility index (Phi) is 4.29. The van der Waals surface area contributed by atoms with E-state index in [9.17, 15) is 4.79 Å². The van der Waals surface area contributed by atoms with Crippen LogP contribution in [0.3, 0.4) is 0 Å². The maximum Gasteiger partial charge on any atom is 0.186 e. The SMILES string of the molecule is C[Si](C)(C)OC1(C#Cc2cccs2)CCCCC1=O. The van der Waals surface area contributed by atoms with Gasteiger partial charge < -0.3 is 4.43 Å². The normalized spacial score (nSPS) is 23.8. The molecule has 0 saturated heterocycles. The van der Waals surface area contributed by atoms with Gasteiger partial charge in [0.25, 0.3) is 0 Å². The van der Waals surface area contributed by atoms with Gasteiger partial charge in [0, 0.05) is 6.42 Å². The van der Waals surface area contributed by atoms with Gasteiger partial charge >= 0.3 is 0 Å². The third kappa shape index (κ3) is 3.79. The lowest BCUT2D eigenvalue weighted by Crippen LogP contribution is -2.49. The van der Waals surface area contributed by atoms with Crippen molar-refractivity contribution in [2.75, 3.05) is 0 Å². The first-order valence-corrected chi connectivity index (χ1v) is 11.0. The number of Topliss-reactive ketones (excluding diaryl/α,β-unsaturated/α-hetero) is 1. The Balaban J connectivity index is 2.31. The predicted octanol–water partition coefficient (Wildman–Crippen LogP) is 3.83. The number of hydrogen-bond acceptors (Lipinski definition) is 3. The largest absolute Gasteiger partial charge is 0.396 e. The average Bonchev–Trinajstić information content (AvgIpc) is 2.81. The monoisotopic (exact) mass is 292 g/mol. The van der Waals surface area contributed by atoms with Gasteiger partial charge in [0.05, 0.1) is 4.88 Å². The van der Waals surface area contributed by atoms with E-state index >= 15 is 0 Å². The molecule has 4 heteroatoms. The van der Waals surface area contributed by atoms with Crippen molar-refractivity contribution in [3.05, 3.63) is 22.4 Å². The van der Waals surface area contributed by atoms with Crippen molar-refractivity contribution < 1.29 is 9.22 Å². The van der Waals surface area contributed by atoms with Crippen LogP contribution in [0.25, 0.3) is 0 Å². The molecule has 19 heavy (non-hydrogen) atoms. The zero-order valence-electron chi connectivity index (χ0n) is 11.8. The Morgan fingerprint density at radius 3 is 2.74 bits per heavy atom. The molecule has 1 fully saturated rings. The van der Waals surface area contributed by atoms with E-state index in [0.717, 1.165) is 24.1 Å². The van der Waals surface area contributed by atoms with Crippen LogP contribution in [0.5, 0.6) is 0 Å². The van der Waals surface area contributed by atoms with Gasteiger partial charge in [-0.15, -0.1) is 11.3 Å². The molecule has 1 unspecified atom stereocenters. The van der Waals surface area contributed by atoms with E-state index in [0.29, 0.717) is 6.42 Å². The Morgan fingerprint density at radius 1 is 1.37 bits per heavy atom. The highest BCUT2D eigenvalue weighted by atomic mass is 32.1. The van der Waals surface area contributed by atoms with E-state index in [1.54, 1.807) is 11.3 Å². The van der Waals surface area contributed by atoms with Gasteiger partial charge in [-0.05, 0) is 50.3 Å². The van der Waals surface area contributed by atoms with Crippen LogP contribution in [0.15, 0.2) is 17.5 Å². The zero-order valence-corrected chi connectivity index (χ0v) is 13.6. The highest BCUT2D eigenvalue weighted by molar-refractivity contribution is 7.10. The lowest BCUT2D eigenvalue weighted by Gasteiger charge is -2.36. The zero-order chi connectivity index (χ0) is 13.9. The van der Waals surface area contributed by atoms with Gasteiger partial charge in [0.2, 0.25) is 0 Å². The molecule has 2 nitrogen and oxygen atoms in total. The summed E-state index contributed by atoms with van der Waals surface area (Å²) >= 11 is 1.60. The summed E-state index contributed by atoms with van der Waals surface area (Å²) in [6.07, 6.45) is 3.34. The molecule has 1 saturated carbocycles. The molecule has 0 aliphatic heterocycles. The van der Waals surface area contributed by atoms with Crippen LogP contribution in [0, 0.1) is 11.8 Å². The van der Waals surface area contributed by atoms with Gasteiger partial charge in [0.15, 0.2) is 19.7 Å². The van der Waals surface area contributed by atoms with Crippen molar-refractivity contribution in [2.45, 2.75) is 50.9 Å². The van der Waals surface area contributed by atoms with Gasteiger partial charge in [0.1, 0.15) is 0 Å². The maximum atomic E-state index is 12.4. The van der Waals surface area contributed by atoms with Gasteiger partial charge in [-0.25, -0.2) is 0 Å². The Labute approximate surface area is 120 Å². The highest BCUT2D eigenvalue weighted by Crippen LogP contribution is 2.31. The summed E-state index contributed by atoms with van der Waals surface area (Å²) in [7, 11) is -1.80. The molecule has 1 aliphatic carbocycles. The molecule has 1 aliphatic rings. The molecule has 0 N–H and O–H groups in total. The predicted molar refractivity (Wildman–Crippen MR) is 81.8 cm³/mol. The summed E-state index contributed by atoms with van der Waals surface area (Å²) in [5.74, 6) is 6.47. The van der Waals surface area contributed by atoms with Crippen molar-refractivity contribution in [1.82, 2.24) is 0 Å². The molecule has 102 valence electrons. The summed E-state index contributed by atoms with van der Waals surface area (Å²) in [4.78, 5) is 13.3. The first kappa shape index (κ1) is 14.5. The summed E-state index contributed by atoms with van der Waals surface area (Å²) in [5, 5.41) is 2.00. The van der Waals surface area contributed by atoms with Crippen molar-refractivity contribution >= 4 is 25.4 Å². The lowest BCUT2D eigenvalue weighted by molar-refractivity contribution is -0.133. The van der Waals surface area contributed by atoms with Crippen molar-refractivity contribution in [3.63, 3.8) is 0 Å². The second kappa shape index (κ2) is 5.62. The van der Waals surface area contributed by atoms with Crippen LogP contribution in [0.1, 0.15) is 30.6 Å². The van der Waals surface area contributed by atoms with E-state index in [2.05, 4.69) is 31.5 Å². The van der Waals surface area contributed by atoms with Gasteiger partial charge in [-0.3, -0.25) is 4.79 Å². The van der Waals surface area contributed by atoms with Crippen molar-refractivity contribution in [1.29, 1.82) is 0 Å². The molecular formula is C15H20O2SSi. The van der Waals surface area contributed by atoms with Crippen LogP contribution in [0.4, 0.5) is 0 Å². The molecular weight excluding hydrogens is 272 g/mol. The third-order valence-electron chi connectivity index (χ3n) is 3.02. The van der Waals surface area contributed by atoms with Crippen LogP contribution in [0.2, 0.25) is 19.6 Å². The fraction of sp³-hybridized carbons (Fsp3) is 0.533. The van der Waals surface area contributed by atoms with Crippen LogP contribution in [-0.4, -0.2) is 19.7 Å². The van der Waals surface area contributed by atoms with Crippen LogP contribution < -0.4 is 0 Å². The minimum Gasteiger partial charge on any atom is -0.396 e. The second-order valence-corrected chi connectivity index (χ2v) is 11.3. The van der Waals surface area contributed by atoms with Gasteiger partial charge in [-0.1, -0.05) is 17.9 Å². The number of hydrogen-bond donors (Lipinski definition) is 0. The van der Waals surface area contributed by atoms with Crippen molar-refractivity contribution in [2.24, 2.45) is 0 Å². The standard InChI is InChI=1S/C15H20O2SSi/c1-19(2,3)17-15(10-5-4-8-14(15)16)11-9-13-7-6-12-18-13/h6-7,12H,4-5,8,10H2,1-3H3. The molecule has 0 amide bonds. The number of carbonyl (C=O) groups is 1. The Hall–Kier alpha value is -0.893. The fourth-order valence-corrected chi connectivity index (χ4v) is 4.18. The molecule has 1 aromatic heterocycles. The molecule has 1 heterocycles. The lowest BCUT2D eigenvalue weighted by atomic mass is 9.84. The minimum absolute atomic E-state index is 0.172. The number of rotatable bonds is 2. The van der Waals surface area contributed by atoms with E-state index in [1.807, 2.05) is 17.5 Å².